The van der Waals surface area contributed by atoms with Gasteiger partial charge >= 0.3 is 6.09 Å². The highest BCUT2D eigenvalue weighted by Crippen LogP contribution is 2.29. The molecular formula is C12H22N2O4. The number of carbonyl (C=O) groups excluding carboxylic acids is 2. The van der Waals surface area contributed by atoms with Crippen molar-refractivity contribution in [3.05, 3.63) is 0 Å². The molecule has 2 amide bonds. The lowest BCUT2D eigenvalue weighted by molar-refractivity contribution is -0.121. The molecule has 0 atom stereocenters. The predicted octanol–water partition coefficient (Wildman–Crippen LogP) is 0.496. The van der Waals surface area contributed by atoms with Crippen LogP contribution < -0.4 is 5.32 Å². The Morgan fingerprint density at radius 2 is 2.00 bits per heavy atom. The third-order valence-corrected chi connectivity index (χ3v) is 3.03. The van der Waals surface area contributed by atoms with Crippen LogP contribution in [-0.4, -0.2) is 54.4 Å². The van der Waals surface area contributed by atoms with Gasteiger partial charge in [-0.25, -0.2) is 4.79 Å². The zero-order chi connectivity index (χ0) is 13.6. The number of carbonyl (C=O) groups is 2. The number of hydrogen-bond acceptors (Lipinski definition) is 5. The normalized spacial score (nSPS) is 17.8. The zero-order valence-electron chi connectivity index (χ0n) is 11.1. The van der Waals surface area contributed by atoms with Crippen molar-refractivity contribution in [2.45, 2.75) is 38.2 Å². The van der Waals surface area contributed by atoms with E-state index in [1.54, 1.807) is 18.9 Å². The minimum atomic E-state index is -0.726. The van der Waals surface area contributed by atoms with E-state index >= 15 is 0 Å². The molecular weight excluding hydrogens is 236 g/mol. The van der Waals surface area contributed by atoms with Crippen molar-refractivity contribution in [3.63, 3.8) is 0 Å². The third kappa shape index (κ3) is 5.01. The van der Waals surface area contributed by atoms with E-state index < -0.39 is 17.6 Å². The summed E-state index contributed by atoms with van der Waals surface area (Å²) in [6.45, 7) is 2.42. The van der Waals surface area contributed by atoms with E-state index in [0.717, 1.165) is 25.7 Å². The molecule has 18 heavy (non-hydrogen) atoms. The van der Waals surface area contributed by atoms with Crippen LogP contribution in [0.15, 0.2) is 0 Å². The molecule has 0 radical (unpaired) electrons. The van der Waals surface area contributed by atoms with Gasteiger partial charge in [-0.05, 0) is 26.8 Å². The molecule has 0 aromatic heterocycles. The summed E-state index contributed by atoms with van der Waals surface area (Å²) >= 11 is 0. The van der Waals surface area contributed by atoms with Crippen LogP contribution in [0.5, 0.6) is 0 Å². The monoisotopic (exact) mass is 258 g/mol. The average molecular weight is 258 g/mol. The van der Waals surface area contributed by atoms with Gasteiger partial charge in [-0.2, -0.15) is 0 Å². The summed E-state index contributed by atoms with van der Waals surface area (Å²) in [5.41, 5.74) is -0.682. The van der Waals surface area contributed by atoms with E-state index in [1.165, 1.54) is 0 Å². The number of rotatable bonds is 5. The Balaban J connectivity index is 2.28. The topological polar surface area (TPSA) is 78.9 Å². The molecule has 104 valence electrons. The zero-order valence-corrected chi connectivity index (χ0v) is 11.1. The first-order chi connectivity index (χ1) is 8.45. The molecule has 6 heteroatoms. The summed E-state index contributed by atoms with van der Waals surface area (Å²) in [4.78, 5) is 24.2. The maximum atomic E-state index is 11.5. The van der Waals surface area contributed by atoms with Gasteiger partial charge in [-0.15, -0.1) is 0 Å². The Morgan fingerprint density at radius 3 is 2.56 bits per heavy atom. The van der Waals surface area contributed by atoms with Gasteiger partial charge in [0.15, 0.2) is 0 Å². The van der Waals surface area contributed by atoms with Crippen molar-refractivity contribution in [2.75, 3.05) is 26.7 Å². The molecule has 0 heterocycles. The van der Waals surface area contributed by atoms with Crippen LogP contribution in [0, 0.1) is 0 Å². The summed E-state index contributed by atoms with van der Waals surface area (Å²) < 4.78 is 4.61. The molecule has 2 N–H and O–H groups in total. The van der Waals surface area contributed by atoms with Crippen LogP contribution in [0.25, 0.3) is 0 Å². The first-order valence-electron chi connectivity index (χ1n) is 6.33. The Kier molecular flexibility index (Phi) is 5.55. The highest BCUT2D eigenvalue weighted by atomic mass is 16.5. The smallest absolute Gasteiger partial charge is 0.413 e. The van der Waals surface area contributed by atoms with Gasteiger partial charge in [-0.1, -0.05) is 12.8 Å². The van der Waals surface area contributed by atoms with Crippen LogP contribution in [0.4, 0.5) is 4.79 Å². The van der Waals surface area contributed by atoms with Gasteiger partial charge in [0.2, 0.25) is 5.91 Å². The Hall–Kier alpha value is -1.14. The van der Waals surface area contributed by atoms with E-state index in [4.69, 9.17) is 0 Å². The van der Waals surface area contributed by atoms with Crippen LogP contribution in [0.3, 0.4) is 0 Å². The van der Waals surface area contributed by atoms with Crippen molar-refractivity contribution >= 4 is 12.0 Å². The fraction of sp³-hybridized carbons (Fsp3) is 0.833. The molecule has 0 aromatic carbocycles. The van der Waals surface area contributed by atoms with Crippen LogP contribution >= 0.6 is 0 Å². The second-order valence-electron chi connectivity index (χ2n) is 4.87. The van der Waals surface area contributed by atoms with Gasteiger partial charge in [0.05, 0.1) is 18.8 Å². The third-order valence-electron chi connectivity index (χ3n) is 3.03. The van der Waals surface area contributed by atoms with Gasteiger partial charge in [0.25, 0.3) is 0 Å². The second-order valence-corrected chi connectivity index (χ2v) is 4.87. The van der Waals surface area contributed by atoms with Crippen LogP contribution in [0.1, 0.15) is 32.6 Å². The van der Waals surface area contributed by atoms with E-state index in [1.807, 2.05) is 0 Å². The van der Waals surface area contributed by atoms with Gasteiger partial charge < -0.3 is 9.84 Å². The number of aliphatic hydroxyl groups is 1. The Bertz CT molecular complexity index is 300. The van der Waals surface area contributed by atoms with Crippen molar-refractivity contribution in [2.24, 2.45) is 0 Å². The van der Waals surface area contributed by atoms with E-state index in [-0.39, 0.29) is 13.2 Å². The number of likely N-dealkylation sites (N-methyl/N-ethyl adjacent to an activating group) is 1. The summed E-state index contributed by atoms with van der Waals surface area (Å²) in [6.07, 6.45) is 2.88. The second kappa shape index (κ2) is 6.70. The molecule has 1 aliphatic carbocycles. The predicted molar refractivity (Wildman–Crippen MR) is 66.1 cm³/mol. The number of imide groups is 1. The number of ether oxygens (including phenoxy) is 1. The lowest BCUT2D eigenvalue weighted by Gasteiger charge is -2.27. The summed E-state index contributed by atoms with van der Waals surface area (Å²) in [5, 5.41) is 12.3. The number of alkyl carbamates (subject to hydrolysis) is 1. The molecule has 1 saturated carbocycles. The number of nitrogens with one attached hydrogen (secondary N) is 1. The van der Waals surface area contributed by atoms with Gasteiger partial charge in [-0.3, -0.25) is 15.0 Å². The molecule has 1 aliphatic rings. The molecule has 0 bridgehead atoms. The summed E-state index contributed by atoms with van der Waals surface area (Å²) in [5.74, 6) is -0.419. The standard InChI is InChI=1S/C12H22N2O4/c1-3-18-11(16)13-10(15)8-14(2)9-12(17)6-4-5-7-12/h17H,3-9H2,1-2H3,(H,13,15,16). The molecule has 0 aliphatic heterocycles. The van der Waals surface area contributed by atoms with Crippen molar-refractivity contribution < 1.29 is 19.4 Å². The lowest BCUT2D eigenvalue weighted by Crippen LogP contribution is -2.44. The minimum Gasteiger partial charge on any atom is -0.450 e. The van der Waals surface area contributed by atoms with E-state index in [9.17, 15) is 14.7 Å². The van der Waals surface area contributed by atoms with Gasteiger partial charge in [0.1, 0.15) is 0 Å². The first-order valence-corrected chi connectivity index (χ1v) is 6.33. The average Bonchev–Trinajstić information content (AvgIpc) is 2.63. The quantitative estimate of drug-likeness (QED) is 0.750. The highest BCUT2D eigenvalue weighted by Gasteiger charge is 2.32. The van der Waals surface area contributed by atoms with Crippen molar-refractivity contribution in [1.82, 2.24) is 10.2 Å². The summed E-state index contributed by atoms with van der Waals surface area (Å²) in [7, 11) is 1.75. The maximum absolute atomic E-state index is 11.5. The van der Waals surface area contributed by atoms with Gasteiger partial charge in [0, 0.05) is 6.54 Å². The Labute approximate surface area is 107 Å². The minimum absolute atomic E-state index is 0.0706. The molecule has 0 spiro atoms. The maximum Gasteiger partial charge on any atom is 0.413 e. The largest absolute Gasteiger partial charge is 0.450 e. The van der Waals surface area contributed by atoms with E-state index in [2.05, 4.69) is 10.1 Å². The molecule has 0 aromatic rings. The Morgan fingerprint density at radius 1 is 1.39 bits per heavy atom. The lowest BCUT2D eigenvalue weighted by atomic mass is 10.0. The number of nitrogens with zero attached hydrogens (tertiary/aromatic N) is 1. The summed E-state index contributed by atoms with van der Waals surface area (Å²) in [6, 6.07) is 0. The SMILES string of the molecule is CCOC(=O)NC(=O)CN(C)CC1(O)CCCC1. The molecule has 1 fully saturated rings. The molecule has 0 unspecified atom stereocenters. The highest BCUT2D eigenvalue weighted by molar-refractivity contribution is 5.92. The molecule has 6 nitrogen and oxygen atoms in total. The van der Waals surface area contributed by atoms with Crippen LogP contribution in [-0.2, 0) is 9.53 Å². The van der Waals surface area contributed by atoms with Crippen molar-refractivity contribution in [3.8, 4) is 0 Å². The van der Waals surface area contributed by atoms with E-state index in [0.29, 0.717) is 6.54 Å². The molecule has 1 rings (SSSR count). The fourth-order valence-corrected chi connectivity index (χ4v) is 2.32. The first kappa shape index (κ1) is 14.9. The fourth-order valence-electron chi connectivity index (χ4n) is 2.32. The number of amides is 2. The molecule has 0 saturated heterocycles. The van der Waals surface area contributed by atoms with Crippen molar-refractivity contribution in [1.29, 1.82) is 0 Å². The number of hydrogen-bond donors (Lipinski definition) is 2. The van der Waals surface area contributed by atoms with Crippen LogP contribution in [0.2, 0.25) is 0 Å².